The Hall–Kier alpha value is -0.130. The quantitative estimate of drug-likeness (QED) is 0.539. The van der Waals surface area contributed by atoms with E-state index in [0.717, 1.165) is 0 Å². The Morgan fingerprint density at radius 2 is 2.17 bits per heavy atom. The van der Waals surface area contributed by atoms with E-state index in [1.54, 1.807) is 13.8 Å². The van der Waals surface area contributed by atoms with Gasteiger partial charge >= 0.3 is 5.97 Å². The van der Waals surface area contributed by atoms with Crippen molar-refractivity contribution in [2.24, 2.45) is 0 Å². The molecule has 0 aromatic rings. The van der Waals surface area contributed by atoms with Gasteiger partial charge in [0.2, 0.25) is 0 Å². The lowest BCUT2D eigenvalue weighted by molar-refractivity contribution is -0.149. The largest absolute Gasteiger partial charge is 0.462 e. The number of esters is 1. The average Bonchev–Trinajstić information content (AvgIpc) is 1.97. The third-order valence-electron chi connectivity index (χ3n) is 1.10. The fraction of sp³-hybridized carbons (Fsp3) is 0.857. The number of ether oxygens (including phenoxy) is 1. The van der Waals surface area contributed by atoms with Crippen LogP contribution in [0.25, 0.3) is 0 Å². The molecule has 0 fully saturated rings. The van der Waals surface area contributed by atoms with Gasteiger partial charge in [-0.1, -0.05) is 15.9 Å². The van der Waals surface area contributed by atoms with Gasteiger partial charge in [-0.05, 0) is 13.8 Å². The topological polar surface area (TPSA) is 66.8 Å². The summed E-state index contributed by atoms with van der Waals surface area (Å²) in [4.78, 5) is 11.0. The van der Waals surface area contributed by atoms with Crippen LogP contribution >= 0.6 is 15.9 Å². The lowest BCUT2D eigenvalue weighted by Crippen LogP contribution is -2.30. The van der Waals surface area contributed by atoms with E-state index in [-0.39, 0.29) is 6.61 Å². The zero-order valence-electron chi connectivity index (χ0n) is 7.08. The number of rotatable bonds is 4. The lowest BCUT2D eigenvalue weighted by Gasteiger charge is -2.16. The highest BCUT2D eigenvalue weighted by molar-refractivity contribution is 9.10. The van der Waals surface area contributed by atoms with Gasteiger partial charge in [-0.15, -0.1) is 0 Å². The number of carbonyl (C=O) groups excluding carboxylic acids is 1. The maximum Gasteiger partial charge on any atom is 0.322 e. The summed E-state index contributed by atoms with van der Waals surface area (Å²) in [5.74, 6) is -0.463. The molecule has 0 amide bonds. The second kappa shape index (κ2) is 4.79. The summed E-state index contributed by atoms with van der Waals surface area (Å²) >= 11 is 3.10. The number of aliphatic hydroxyl groups excluding tert-OH is 2. The average molecular weight is 241 g/mol. The molecule has 0 spiro atoms. The summed E-state index contributed by atoms with van der Waals surface area (Å²) in [5, 5.41) is 17.2. The van der Waals surface area contributed by atoms with Crippen LogP contribution in [0.5, 0.6) is 0 Å². The summed E-state index contributed by atoms with van der Waals surface area (Å²) < 4.78 is 3.92. The maximum absolute atomic E-state index is 11.0. The minimum Gasteiger partial charge on any atom is -0.462 e. The van der Waals surface area contributed by atoms with E-state index >= 15 is 0 Å². The van der Waals surface area contributed by atoms with E-state index in [1.165, 1.54) is 0 Å². The van der Waals surface area contributed by atoms with E-state index < -0.39 is 23.0 Å². The molecule has 0 saturated carbocycles. The molecular formula is C7H13BrO4. The van der Waals surface area contributed by atoms with Crippen LogP contribution in [-0.4, -0.2) is 39.8 Å². The van der Waals surface area contributed by atoms with E-state index in [1.807, 2.05) is 0 Å². The molecule has 0 aliphatic rings. The summed E-state index contributed by atoms with van der Waals surface area (Å²) in [6.45, 7) is 2.70. The van der Waals surface area contributed by atoms with Gasteiger partial charge in [0.25, 0.3) is 0 Å². The lowest BCUT2D eigenvalue weighted by atomic mass is 10.2. The highest BCUT2D eigenvalue weighted by Gasteiger charge is 2.25. The zero-order chi connectivity index (χ0) is 9.78. The zero-order valence-corrected chi connectivity index (χ0v) is 8.67. The second-order valence-corrected chi connectivity index (χ2v) is 4.89. The predicted molar refractivity (Wildman–Crippen MR) is 47.1 cm³/mol. The van der Waals surface area contributed by atoms with Gasteiger partial charge < -0.3 is 14.9 Å². The molecule has 2 N–H and O–H groups in total. The van der Waals surface area contributed by atoms with Crippen LogP contribution < -0.4 is 0 Å². The van der Waals surface area contributed by atoms with Gasteiger partial charge in [-0.25, -0.2) is 0 Å². The van der Waals surface area contributed by atoms with Crippen molar-refractivity contribution in [3.63, 3.8) is 0 Å². The van der Waals surface area contributed by atoms with Gasteiger partial charge in [0, 0.05) is 0 Å². The number of hydrogen-bond acceptors (Lipinski definition) is 4. The molecule has 72 valence electrons. The summed E-state index contributed by atoms with van der Waals surface area (Å²) in [5.41, 5.74) is 0. The molecule has 1 atom stereocenters. The molecule has 4 nitrogen and oxygen atoms in total. The summed E-state index contributed by atoms with van der Waals surface area (Å²) in [7, 11) is 0. The van der Waals surface area contributed by atoms with E-state index in [9.17, 15) is 4.79 Å². The normalized spacial score (nSPS) is 14.1. The molecule has 12 heavy (non-hydrogen) atoms. The van der Waals surface area contributed by atoms with E-state index in [4.69, 9.17) is 10.2 Å². The van der Waals surface area contributed by atoms with E-state index in [0.29, 0.717) is 0 Å². The second-order valence-electron chi connectivity index (χ2n) is 2.91. The molecule has 0 heterocycles. The molecule has 0 rings (SSSR count). The minimum absolute atomic E-state index is 0.176. The first kappa shape index (κ1) is 11.9. The predicted octanol–water partition coefficient (Wildman–Crippen LogP) is 0.0563. The summed E-state index contributed by atoms with van der Waals surface area (Å²) in [6.07, 6.45) is -0.996. The fourth-order valence-corrected chi connectivity index (χ4v) is 0.511. The molecule has 0 saturated heterocycles. The smallest absolute Gasteiger partial charge is 0.322 e. The Labute approximate surface area is 79.7 Å². The Morgan fingerprint density at radius 1 is 1.67 bits per heavy atom. The molecule has 5 heteroatoms. The molecule has 0 radical (unpaired) electrons. The molecule has 0 aromatic heterocycles. The molecule has 0 bridgehead atoms. The van der Waals surface area contributed by atoms with Crippen molar-refractivity contribution in [3.8, 4) is 0 Å². The van der Waals surface area contributed by atoms with Crippen molar-refractivity contribution >= 4 is 21.9 Å². The van der Waals surface area contributed by atoms with Crippen LogP contribution in [-0.2, 0) is 9.53 Å². The van der Waals surface area contributed by atoms with Crippen molar-refractivity contribution in [2.75, 3.05) is 13.2 Å². The van der Waals surface area contributed by atoms with Crippen LogP contribution in [0, 0.1) is 0 Å². The van der Waals surface area contributed by atoms with Gasteiger partial charge in [0.05, 0.1) is 6.61 Å². The van der Waals surface area contributed by atoms with Crippen molar-refractivity contribution in [2.45, 2.75) is 24.3 Å². The number of hydrogen-bond donors (Lipinski definition) is 2. The molecule has 1 unspecified atom stereocenters. The number of carbonyl (C=O) groups is 1. The van der Waals surface area contributed by atoms with Gasteiger partial charge in [0.15, 0.2) is 0 Å². The first-order valence-corrected chi connectivity index (χ1v) is 4.32. The highest BCUT2D eigenvalue weighted by atomic mass is 79.9. The van der Waals surface area contributed by atoms with Crippen LogP contribution in [0.2, 0.25) is 0 Å². The molecular weight excluding hydrogens is 228 g/mol. The van der Waals surface area contributed by atoms with Crippen LogP contribution in [0.3, 0.4) is 0 Å². The molecule has 0 aliphatic carbocycles. The minimum atomic E-state index is -0.996. The Morgan fingerprint density at radius 3 is 2.50 bits per heavy atom. The summed E-state index contributed by atoms with van der Waals surface area (Å²) in [6, 6.07) is 0. The maximum atomic E-state index is 11.0. The first-order valence-electron chi connectivity index (χ1n) is 3.53. The van der Waals surface area contributed by atoms with Gasteiger partial charge in [-0.2, -0.15) is 0 Å². The number of aliphatic hydroxyl groups is 2. The van der Waals surface area contributed by atoms with Crippen LogP contribution in [0.1, 0.15) is 13.8 Å². The third-order valence-corrected chi connectivity index (χ3v) is 1.43. The third kappa shape index (κ3) is 4.69. The highest BCUT2D eigenvalue weighted by Crippen LogP contribution is 2.17. The number of halogens is 1. The van der Waals surface area contributed by atoms with E-state index in [2.05, 4.69) is 20.7 Å². The Kier molecular flexibility index (Phi) is 4.74. The van der Waals surface area contributed by atoms with Crippen molar-refractivity contribution in [3.05, 3.63) is 0 Å². The van der Waals surface area contributed by atoms with Crippen molar-refractivity contribution in [1.82, 2.24) is 0 Å². The van der Waals surface area contributed by atoms with Crippen LogP contribution in [0.4, 0.5) is 0 Å². The Bertz CT molecular complexity index is 152. The van der Waals surface area contributed by atoms with Gasteiger partial charge in [-0.3, -0.25) is 4.79 Å². The number of alkyl halides is 1. The Balaban J connectivity index is 3.73. The molecule has 0 aliphatic heterocycles. The first-order chi connectivity index (χ1) is 5.38. The SMILES string of the molecule is CC(C)(Br)C(=O)OCC(O)CO. The fourth-order valence-electron chi connectivity index (χ4n) is 0.396. The van der Waals surface area contributed by atoms with Crippen molar-refractivity contribution < 1.29 is 19.7 Å². The van der Waals surface area contributed by atoms with Gasteiger partial charge in [0.1, 0.15) is 17.0 Å². The molecule has 0 aromatic carbocycles. The van der Waals surface area contributed by atoms with Crippen LogP contribution in [0.15, 0.2) is 0 Å². The standard InChI is InChI=1S/C7H13BrO4/c1-7(2,8)6(11)12-4-5(10)3-9/h5,9-10H,3-4H2,1-2H3. The monoisotopic (exact) mass is 240 g/mol. The van der Waals surface area contributed by atoms with Crippen molar-refractivity contribution in [1.29, 1.82) is 0 Å².